The first-order valence-electron chi connectivity index (χ1n) is 30.4. The van der Waals surface area contributed by atoms with Crippen molar-refractivity contribution in [3.8, 4) is 0 Å². The minimum absolute atomic E-state index is 0.0619. The topological polar surface area (TPSA) is 214 Å². The average molecular weight is 1060 g/mol. The molecular formula is C60H112O14. The summed E-state index contributed by atoms with van der Waals surface area (Å²) in [5, 5.41) is 72.3. The first-order chi connectivity index (χ1) is 36.1. The number of hydrogen-bond donors (Lipinski definition) is 7. The normalized spacial score (nSPS) is 24.9. The lowest BCUT2D eigenvalue weighted by atomic mass is 9.98. The van der Waals surface area contributed by atoms with E-state index in [9.17, 15) is 40.5 Å². The molecule has 0 radical (unpaired) electrons. The molecule has 436 valence electrons. The highest BCUT2D eigenvalue weighted by Gasteiger charge is 2.47. The summed E-state index contributed by atoms with van der Waals surface area (Å²) in [7, 11) is 0. The molecule has 11 atom stereocenters. The molecule has 0 aliphatic carbocycles. The monoisotopic (exact) mass is 1060 g/mol. The van der Waals surface area contributed by atoms with Crippen molar-refractivity contribution in [3.63, 3.8) is 0 Å². The summed E-state index contributed by atoms with van der Waals surface area (Å²) in [6, 6.07) is 0. The lowest BCUT2D eigenvalue weighted by molar-refractivity contribution is -0.332. The van der Waals surface area contributed by atoms with Crippen molar-refractivity contribution in [2.75, 3.05) is 33.0 Å². The van der Waals surface area contributed by atoms with E-state index in [4.69, 9.17) is 28.4 Å². The van der Waals surface area contributed by atoms with E-state index in [1.165, 1.54) is 167 Å². The van der Waals surface area contributed by atoms with Gasteiger partial charge >= 0.3 is 5.97 Å². The predicted octanol–water partition coefficient (Wildman–Crippen LogP) is 11.1. The van der Waals surface area contributed by atoms with Gasteiger partial charge < -0.3 is 64.2 Å². The van der Waals surface area contributed by atoms with Crippen LogP contribution in [0.3, 0.4) is 0 Å². The molecule has 2 aliphatic heterocycles. The van der Waals surface area contributed by atoms with Crippen LogP contribution in [0.5, 0.6) is 0 Å². The van der Waals surface area contributed by atoms with Crippen LogP contribution in [-0.4, -0.2) is 142 Å². The quantitative estimate of drug-likeness (QED) is 0.0172. The van der Waals surface area contributed by atoms with Gasteiger partial charge in [-0.15, -0.1) is 0 Å². The molecule has 14 nitrogen and oxygen atoms in total. The van der Waals surface area contributed by atoms with Crippen LogP contribution in [0, 0.1) is 0 Å². The van der Waals surface area contributed by atoms with Crippen molar-refractivity contribution in [1.29, 1.82) is 0 Å². The number of carbonyl (C=O) groups is 1. The maximum Gasteiger partial charge on any atom is 0.306 e. The van der Waals surface area contributed by atoms with Crippen LogP contribution in [0.4, 0.5) is 0 Å². The van der Waals surface area contributed by atoms with E-state index >= 15 is 0 Å². The molecule has 14 heteroatoms. The Hall–Kier alpha value is -1.53. The van der Waals surface area contributed by atoms with Gasteiger partial charge in [-0.1, -0.05) is 205 Å². The van der Waals surface area contributed by atoms with Gasteiger partial charge in [-0.25, -0.2) is 0 Å². The number of esters is 1. The summed E-state index contributed by atoms with van der Waals surface area (Å²) in [6.45, 7) is 3.71. The Bertz CT molecular complexity index is 1320. The Kier molecular flexibility index (Phi) is 44.0. The Morgan fingerprint density at radius 3 is 1.23 bits per heavy atom. The highest BCUT2D eigenvalue weighted by molar-refractivity contribution is 5.69. The molecule has 0 saturated carbocycles. The molecule has 0 spiro atoms. The van der Waals surface area contributed by atoms with Crippen LogP contribution in [-0.2, 0) is 33.2 Å². The van der Waals surface area contributed by atoms with Gasteiger partial charge in [-0.05, 0) is 64.2 Å². The number of ether oxygens (including phenoxy) is 6. The second-order valence-corrected chi connectivity index (χ2v) is 21.5. The van der Waals surface area contributed by atoms with E-state index in [0.717, 1.165) is 57.8 Å². The number of allylic oxidation sites excluding steroid dienone is 4. The zero-order valence-electron chi connectivity index (χ0n) is 46.8. The Labute approximate surface area is 449 Å². The molecule has 2 rings (SSSR count). The minimum atomic E-state index is -1.71. The molecule has 2 saturated heterocycles. The van der Waals surface area contributed by atoms with Crippen LogP contribution < -0.4 is 0 Å². The molecule has 0 aromatic heterocycles. The maximum atomic E-state index is 13.0. The Balaban J connectivity index is 1.66. The van der Waals surface area contributed by atoms with Crippen LogP contribution in [0.15, 0.2) is 24.3 Å². The van der Waals surface area contributed by atoms with Crippen molar-refractivity contribution < 1.29 is 69.0 Å². The van der Waals surface area contributed by atoms with Crippen molar-refractivity contribution in [1.82, 2.24) is 0 Å². The highest BCUT2D eigenvalue weighted by Crippen LogP contribution is 2.27. The summed E-state index contributed by atoms with van der Waals surface area (Å²) in [5.74, 6) is -0.381. The van der Waals surface area contributed by atoms with E-state index in [1.807, 2.05) is 0 Å². The molecular weight excluding hydrogens is 945 g/mol. The van der Waals surface area contributed by atoms with Gasteiger partial charge in [-0.2, -0.15) is 0 Å². The minimum Gasteiger partial charge on any atom is -0.457 e. The number of rotatable bonds is 50. The maximum absolute atomic E-state index is 13.0. The molecule has 0 bridgehead atoms. The van der Waals surface area contributed by atoms with Gasteiger partial charge in [0, 0.05) is 13.0 Å². The molecule has 7 N–H and O–H groups in total. The van der Waals surface area contributed by atoms with E-state index in [-0.39, 0.29) is 25.6 Å². The number of unbranched alkanes of at least 4 members (excludes halogenated alkanes) is 32. The lowest BCUT2D eigenvalue weighted by Gasteiger charge is -2.42. The van der Waals surface area contributed by atoms with Gasteiger partial charge in [0.25, 0.3) is 0 Å². The summed E-state index contributed by atoms with van der Waals surface area (Å²) < 4.78 is 34.4. The second kappa shape index (κ2) is 47.5. The van der Waals surface area contributed by atoms with E-state index < -0.39 is 80.7 Å². The van der Waals surface area contributed by atoms with Crippen LogP contribution in [0.25, 0.3) is 0 Å². The molecule has 11 unspecified atom stereocenters. The smallest absolute Gasteiger partial charge is 0.306 e. The zero-order chi connectivity index (χ0) is 53.7. The van der Waals surface area contributed by atoms with Gasteiger partial charge in [0.05, 0.1) is 26.4 Å². The lowest BCUT2D eigenvalue weighted by Crippen LogP contribution is -2.61. The molecule has 0 amide bonds. The third-order valence-electron chi connectivity index (χ3n) is 14.7. The number of carbonyl (C=O) groups excluding carboxylic acids is 1. The second-order valence-electron chi connectivity index (χ2n) is 21.5. The van der Waals surface area contributed by atoms with Gasteiger partial charge in [-0.3, -0.25) is 4.79 Å². The molecule has 2 aliphatic rings. The van der Waals surface area contributed by atoms with Crippen molar-refractivity contribution >= 4 is 5.97 Å². The first-order valence-corrected chi connectivity index (χ1v) is 30.4. The van der Waals surface area contributed by atoms with Gasteiger partial charge in [0.2, 0.25) is 0 Å². The third kappa shape index (κ3) is 33.7. The van der Waals surface area contributed by atoms with Crippen LogP contribution in [0.1, 0.15) is 251 Å². The molecule has 2 heterocycles. The standard InChI is InChI=1S/C60H112O14/c1-3-5-7-9-11-13-15-17-19-20-21-22-23-24-25-26-27-28-29-30-32-34-36-38-40-42-44-69-46-49(72-52(62)43-41-39-37-35-33-31-18-16-14-12-10-8-6-4-2)47-70-59-58(68)56(66)54(64)51(74-59)48-71-60-57(67)55(65)53(63)50(45-61)73-60/h16,18,20-21,49-51,53-61,63-68H,3-15,17,19,22-48H2,1-2H3/b18-16-,21-20-. The summed E-state index contributed by atoms with van der Waals surface area (Å²) in [4.78, 5) is 13.0. The Morgan fingerprint density at radius 2 is 0.797 bits per heavy atom. The van der Waals surface area contributed by atoms with E-state index in [1.54, 1.807) is 0 Å². The van der Waals surface area contributed by atoms with Crippen LogP contribution >= 0.6 is 0 Å². The molecule has 74 heavy (non-hydrogen) atoms. The zero-order valence-corrected chi connectivity index (χ0v) is 46.8. The molecule has 0 aromatic carbocycles. The Morgan fingerprint density at radius 1 is 0.432 bits per heavy atom. The van der Waals surface area contributed by atoms with Crippen LogP contribution in [0.2, 0.25) is 0 Å². The average Bonchev–Trinajstić information content (AvgIpc) is 3.40. The van der Waals surface area contributed by atoms with Crippen molar-refractivity contribution in [2.24, 2.45) is 0 Å². The van der Waals surface area contributed by atoms with Gasteiger partial charge in [0.15, 0.2) is 12.6 Å². The fourth-order valence-corrected chi connectivity index (χ4v) is 9.75. The summed E-state index contributed by atoms with van der Waals surface area (Å²) in [6.07, 6.45) is 38.2. The number of hydrogen-bond acceptors (Lipinski definition) is 14. The van der Waals surface area contributed by atoms with Gasteiger partial charge in [0.1, 0.15) is 54.9 Å². The molecule has 2 fully saturated rings. The predicted molar refractivity (Wildman–Crippen MR) is 294 cm³/mol. The fourth-order valence-electron chi connectivity index (χ4n) is 9.75. The summed E-state index contributed by atoms with van der Waals surface area (Å²) >= 11 is 0. The SMILES string of the molecule is CCCCCCC/C=C\CCCCCCCC(=O)OC(COCCCCCCCCCCCCCCCC/C=C\CCCCCCCCCC)COC1OC(COC2OC(CO)C(O)C(O)C2O)C(O)C(O)C1O. The fraction of sp³-hybridized carbons (Fsp3) is 0.917. The van der Waals surface area contributed by atoms with Crippen molar-refractivity contribution in [3.05, 3.63) is 24.3 Å². The summed E-state index contributed by atoms with van der Waals surface area (Å²) in [5.41, 5.74) is 0. The third-order valence-corrected chi connectivity index (χ3v) is 14.7. The largest absolute Gasteiger partial charge is 0.457 e. The van der Waals surface area contributed by atoms with E-state index in [0.29, 0.717) is 13.0 Å². The number of aliphatic hydroxyl groups excluding tert-OH is 7. The molecule has 0 aromatic rings. The van der Waals surface area contributed by atoms with Crippen molar-refractivity contribution in [2.45, 2.75) is 319 Å². The number of aliphatic hydroxyl groups is 7. The highest BCUT2D eigenvalue weighted by atomic mass is 16.7. The van der Waals surface area contributed by atoms with E-state index in [2.05, 4.69) is 38.2 Å². The first kappa shape index (κ1) is 68.6.